The zero-order valence-electron chi connectivity index (χ0n) is 23.6. The number of fused-ring (bicyclic) bond motifs is 2. The van der Waals surface area contributed by atoms with Crippen molar-refractivity contribution < 1.29 is 17.6 Å². The summed E-state index contributed by atoms with van der Waals surface area (Å²) < 4.78 is 32.3. The lowest BCUT2D eigenvalue weighted by molar-refractivity contribution is -0.309. The zero-order chi connectivity index (χ0) is 29.8. The Morgan fingerprint density at radius 1 is 0.930 bits per heavy atom. The Balaban J connectivity index is 1.17. The lowest BCUT2D eigenvalue weighted by Crippen LogP contribution is -2.43. The van der Waals surface area contributed by atoms with E-state index in [-0.39, 0.29) is 10.8 Å². The van der Waals surface area contributed by atoms with Crippen LogP contribution in [0.2, 0.25) is 0 Å². The monoisotopic (exact) mass is 591 g/mol. The predicted octanol–water partition coefficient (Wildman–Crippen LogP) is 6.48. The highest BCUT2D eigenvalue weighted by Crippen LogP contribution is 2.48. The molecule has 1 aliphatic carbocycles. The quantitative estimate of drug-likeness (QED) is 0.165. The molecule has 1 saturated carbocycles. The van der Waals surface area contributed by atoms with Crippen LogP contribution in [-0.4, -0.2) is 33.4 Å². The number of aryl methyl sites for hydroxylation is 1. The lowest BCUT2D eigenvalue weighted by atomic mass is 9.71. The van der Waals surface area contributed by atoms with Gasteiger partial charge in [0.1, 0.15) is 28.5 Å². The van der Waals surface area contributed by atoms with E-state index < -0.39 is 15.7 Å². The molecule has 6 aromatic rings. The molecule has 43 heavy (non-hydrogen) atoms. The summed E-state index contributed by atoms with van der Waals surface area (Å²) in [6.07, 6.45) is 4.52. The summed E-state index contributed by atoms with van der Waals surface area (Å²) in [4.78, 5) is 19.9. The van der Waals surface area contributed by atoms with Crippen LogP contribution in [0.4, 0.5) is 5.82 Å². The first-order valence-corrected chi connectivity index (χ1v) is 15.4. The molecule has 0 atom stereocenters. The Morgan fingerprint density at radius 2 is 1.67 bits per heavy atom. The molecule has 0 spiro atoms. The Kier molecular flexibility index (Phi) is 6.50. The van der Waals surface area contributed by atoms with Gasteiger partial charge in [-0.2, -0.15) is 8.42 Å². The lowest BCUT2D eigenvalue weighted by Gasteiger charge is -2.42. The van der Waals surface area contributed by atoms with Crippen molar-refractivity contribution in [1.82, 2.24) is 19.4 Å². The fourth-order valence-electron chi connectivity index (χ4n) is 5.71. The molecular formula is C33H29N5O4S. The van der Waals surface area contributed by atoms with E-state index in [1.54, 1.807) is 18.3 Å². The number of imidazole rings is 1. The Morgan fingerprint density at radius 3 is 2.44 bits per heavy atom. The van der Waals surface area contributed by atoms with Gasteiger partial charge in [-0.15, -0.1) is 4.33 Å². The number of benzene rings is 3. The van der Waals surface area contributed by atoms with Gasteiger partial charge in [0.25, 0.3) is 0 Å². The van der Waals surface area contributed by atoms with Crippen molar-refractivity contribution in [3.8, 4) is 22.5 Å². The van der Waals surface area contributed by atoms with Crippen LogP contribution in [-0.2, 0) is 19.3 Å². The molecule has 0 aliphatic heterocycles. The molecule has 0 radical (unpaired) electrons. The number of nitrogen functional groups attached to an aromatic ring is 1. The summed E-state index contributed by atoms with van der Waals surface area (Å²) in [6.45, 7) is 3.72. The van der Waals surface area contributed by atoms with Gasteiger partial charge >= 0.3 is 10.1 Å². The van der Waals surface area contributed by atoms with Crippen LogP contribution in [0.5, 0.6) is 0 Å². The molecule has 7 rings (SSSR count). The molecule has 0 saturated heterocycles. The third-order valence-corrected chi connectivity index (χ3v) is 9.10. The highest BCUT2D eigenvalue weighted by molar-refractivity contribution is 7.86. The number of pyridine rings is 1. The molecule has 1 fully saturated rings. The van der Waals surface area contributed by atoms with Crippen molar-refractivity contribution in [2.24, 2.45) is 0 Å². The topological polar surface area (TPSA) is 122 Å². The Labute approximate surface area is 249 Å². The standard InChI is InChI=1S/C33H29N5O4S/c1-21-8-13-26(14-9-21)43(39,40)42-41-33(2)19-25(20-33)32-37-29(30-31(34)35-16-17-38(30)32)24-11-10-23-12-15-27(36-28(23)18-24)22-6-4-3-5-7-22/h3-18,25H,19-20H2,1-2H3,(H2,34,35). The number of hydrogen-bond donors (Lipinski definition) is 1. The van der Waals surface area contributed by atoms with Gasteiger partial charge in [0.05, 0.1) is 16.1 Å². The van der Waals surface area contributed by atoms with Crippen LogP contribution < -0.4 is 5.73 Å². The maximum absolute atomic E-state index is 12.7. The summed E-state index contributed by atoms with van der Waals surface area (Å²) in [5, 5.41) is 1.02. The van der Waals surface area contributed by atoms with E-state index in [1.807, 2.05) is 79.0 Å². The van der Waals surface area contributed by atoms with Crippen LogP contribution in [0.1, 0.15) is 37.1 Å². The normalized spacial score (nSPS) is 18.6. The molecule has 1 aliphatic rings. The first kappa shape index (κ1) is 27.2. The predicted molar refractivity (Wildman–Crippen MR) is 164 cm³/mol. The summed E-state index contributed by atoms with van der Waals surface area (Å²) in [5.41, 5.74) is 11.6. The van der Waals surface area contributed by atoms with Gasteiger partial charge in [0, 0.05) is 34.8 Å². The van der Waals surface area contributed by atoms with E-state index in [9.17, 15) is 8.42 Å². The van der Waals surface area contributed by atoms with E-state index in [2.05, 4.69) is 11.1 Å². The van der Waals surface area contributed by atoms with Crippen LogP contribution >= 0.6 is 0 Å². The van der Waals surface area contributed by atoms with Crippen LogP contribution in [0.3, 0.4) is 0 Å². The molecule has 0 amide bonds. The van der Waals surface area contributed by atoms with Gasteiger partial charge in [-0.1, -0.05) is 66.2 Å². The molecule has 3 aromatic heterocycles. The molecule has 216 valence electrons. The maximum Gasteiger partial charge on any atom is 0.323 e. The first-order valence-electron chi connectivity index (χ1n) is 14.0. The van der Waals surface area contributed by atoms with Crippen molar-refractivity contribution in [1.29, 1.82) is 0 Å². The smallest absolute Gasteiger partial charge is 0.323 e. The second kappa shape index (κ2) is 10.3. The van der Waals surface area contributed by atoms with Gasteiger partial charge in [-0.05, 0) is 51.0 Å². The number of hydrogen-bond acceptors (Lipinski definition) is 8. The third kappa shape index (κ3) is 5.03. The minimum atomic E-state index is -4.05. The van der Waals surface area contributed by atoms with E-state index in [0.717, 1.165) is 39.1 Å². The fourth-order valence-corrected chi connectivity index (χ4v) is 6.52. The second-order valence-corrected chi connectivity index (χ2v) is 12.8. The maximum atomic E-state index is 12.7. The fraction of sp³-hybridized carbons (Fsp3) is 0.182. The molecule has 3 heterocycles. The summed E-state index contributed by atoms with van der Waals surface area (Å²) in [7, 11) is -4.05. The number of aromatic nitrogens is 4. The average molecular weight is 592 g/mol. The highest BCUT2D eigenvalue weighted by atomic mass is 32.2. The molecule has 0 unspecified atom stereocenters. The van der Waals surface area contributed by atoms with Gasteiger partial charge in [-0.3, -0.25) is 4.40 Å². The molecule has 3 aromatic carbocycles. The Hall–Kier alpha value is -4.64. The van der Waals surface area contributed by atoms with Crippen molar-refractivity contribution in [2.45, 2.75) is 43.1 Å². The minimum absolute atomic E-state index is 0.0120. The molecule has 10 heteroatoms. The van der Waals surface area contributed by atoms with E-state index >= 15 is 0 Å². The largest absolute Gasteiger partial charge is 0.382 e. The number of nitrogens with zero attached hydrogens (tertiary/aromatic N) is 4. The van der Waals surface area contributed by atoms with Gasteiger partial charge in [0.15, 0.2) is 0 Å². The van der Waals surface area contributed by atoms with E-state index in [4.69, 9.17) is 24.9 Å². The van der Waals surface area contributed by atoms with Crippen LogP contribution in [0.25, 0.3) is 38.9 Å². The van der Waals surface area contributed by atoms with Gasteiger partial charge < -0.3 is 5.73 Å². The van der Waals surface area contributed by atoms with Crippen LogP contribution in [0, 0.1) is 6.92 Å². The molecule has 9 nitrogen and oxygen atoms in total. The van der Waals surface area contributed by atoms with Crippen molar-refractivity contribution in [2.75, 3.05) is 5.73 Å². The summed E-state index contributed by atoms with van der Waals surface area (Å²) in [6, 6.07) is 26.7. The van der Waals surface area contributed by atoms with Crippen molar-refractivity contribution >= 4 is 32.4 Å². The second-order valence-electron chi connectivity index (χ2n) is 11.3. The first-order chi connectivity index (χ1) is 20.7. The number of rotatable bonds is 7. The minimum Gasteiger partial charge on any atom is -0.382 e. The summed E-state index contributed by atoms with van der Waals surface area (Å²) in [5.74, 6) is 1.16. The number of nitrogens with two attached hydrogens (primary N) is 1. The average Bonchev–Trinajstić information content (AvgIpc) is 3.39. The van der Waals surface area contributed by atoms with E-state index in [0.29, 0.717) is 29.9 Å². The molecular weight excluding hydrogens is 562 g/mol. The number of anilines is 1. The molecule has 0 bridgehead atoms. The summed E-state index contributed by atoms with van der Waals surface area (Å²) >= 11 is 0. The van der Waals surface area contributed by atoms with Gasteiger partial charge in [0.2, 0.25) is 0 Å². The van der Waals surface area contributed by atoms with Crippen LogP contribution in [0.15, 0.2) is 102 Å². The highest BCUT2D eigenvalue weighted by Gasteiger charge is 2.46. The molecule has 2 N–H and O–H groups in total. The van der Waals surface area contributed by atoms with Gasteiger partial charge in [-0.25, -0.2) is 19.8 Å². The van der Waals surface area contributed by atoms with E-state index in [1.165, 1.54) is 12.1 Å². The Bertz CT molecular complexity index is 2090. The van der Waals surface area contributed by atoms with Crippen molar-refractivity contribution in [3.63, 3.8) is 0 Å². The van der Waals surface area contributed by atoms with Crippen molar-refractivity contribution in [3.05, 3.63) is 109 Å². The third-order valence-electron chi connectivity index (χ3n) is 8.00. The zero-order valence-corrected chi connectivity index (χ0v) is 24.5. The SMILES string of the molecule is Cc1ccc(S(=O)(=O)OOC2(C)CC(c3nc(-c4ccc5ccc(-c6ccccc6)nc5c4)c4c(N)nccn34)C2)cc1.